The number of rotatable bonds is 3. The quantitative estimate of drug-likeness (QED) is 0.866. The maximum Gasteiger partial charge on any atom is 0.252 e. The number of hydrogen-bond acceptors (Lipinski definition) is 3. The molecule has 1 fully saturated rings. The van der Waals surface area contributed by atoms with E-state index < -0.39 is 0 Å². The molecule has 0 aromatic carbocycles. The van der Waals surface area contributed by atoms with Crippen LogP contribution in [-0.4, -0.2) is 16.0 Å². The molecule has 1 aromatic rings. The molecule has 1 heterocycles. The summed E-state index contributed by atoms with van der Waals surface area (Å²) in [4.78, 5) is 18.5. The van der Waals surface area contributed by atoms with Gasteiger partial charge in [-0.3, -0.25) is 4.79 Å². The summed E-state index contributed by atoms with van der Waals surface area (Å²) in [7, 11) is 0. The van der Waals surface area contributed by atoms with Gasteiger partial charge in [-0.25, -0.2) is 4.98 Å². The third-order valence-electron chi connectivity index (χ3n) is 3.87. The van der Waals surface area contributed by atoms with Crippen LogP contribution in [0.5, 0.6) is 0 Å². The molecule has 0 saturated heterocycles. The fourth-order valence-corrected chi connectivity index (χ4v) is 2.98. The minimum absolute atomic E-state index is 0.0816. The molecule has 1 aliphatic carbocycles. The largest absolute Gasteiger partial charge is 0.367 e. The van der Waals surface area contributed by atoms with E-state index in [-0.39, 0.29) is 5.56 Å². The third kappa shape index (κ3) is 3.12. The number of H-pyrrole nitrogens is 1. The molecule has 0 radical (unpaired) electrons. The zero-order chi connectivity index (χ0) is 13.1. The fraction of sp³-hybridized carbons (Fsp3) is 0.714. The van der Waals surface area contributed by atoms with Gasteiger partial charge >= 0.3 is 0 Å². The minimum atomic E-state index is -0.0816. The smallest absolute Gasteiger partial charge is 0.252 e. The molecule has 1 saturated carbocycles. The van der Waals surface area contributed by atoms with Gasteiger partial charge < -0.3 is 10.3 Å². The van der Waals surface area contributed by atoms with Crippen molar-refractivity contribution in [3.8, 4) is 0 Å². The molecule has 2 N–H and O–H groups in total. The van der Waals surface area contributed by atoms with Crippen molar-refractivity contribution in [3.05, 3.63) is 22.2 Å². The van der Waals surface area contributed by atoms with Crippen molar-refractivity contribution in [2.75, 3.05) is 5.32 Å². The van der Waals surface area contributed by atoms with Crippen LogP contribution in [0.25, 0.3) is 0 Å². The number of anilines is 1. The highest BCUT2D eigenvalue weighted by Crippen LogP contribution is 2.31. The average molecular weight is 249 g/mol. The van der Waals surface area contributed by atoms with Gasteiger partial charge in [0.1, 0.15) is 11.6 Å². The lowest BCUT2D eigenvalue weighted by Crippen LogP contribution is -2.35. The van der Waals surface area contributed by atoms with Crippen LogP contribution in [0, 0.1) is 18.8 Å². The summed E-state index contributed by atoms with van der Waals surface area (Å²) in [6, 6.07) is 2.01. The summed E-state index contributed by atoms with van der Waals surface area (Å²) in [6.45, 7) is 6.37. The maximum absolute atomic E-state index is 11.4. The van der Waals surface area contributed by atoms with Gasteiger partial charge in [-0.15, -0.1) is 0 Å². The Morgan fingerprint density at radius 1 is 1.39 bits per heavy atom. The zero-order valence-corrected chi connectivity index (χ0v) is 11.5. The lowest BCUT2D eigenvalue weighted by molar-refractivity contribution is 0.253. The van der Waals surface area contributed by atoms with E-state index in [1.165, 1.54) is 25.7 Å². The predicted octanol–water partition coefficient (Wildman–Crippen LogP) is 2.71. The van der Waals surface area contributed by atoms with Gasteiger partial charge in [-0.05, 0) is 31.6 Å². The molecule has 2 rings (SSSR count). The number of aryl methyl sites for hydroxylation is 1. The molecular weight excluding hydrogens is 226 g/mol. The molecule has 0 amide bonds. The lowest BCUT2D eigenvalue weighted by atomic mass is 9.78. The molecule has 1 aliphatic rings. The Hall–Kier alpha value is -1.32. The SMILES string of the molecule is Cc1nc(NC2CCCCC2C(C)C)cc(=O)[nH]1. The zero-order valence-electron chi connectivity index (χ0n) is 11.5. The first kappa shape index (κ1) is 13.1. The summed E-state index contributed by atoms with van der Waals surface area (Å²) in [6.07, 6.45) is 5.04. The Morgan fingerprint density at radius 2 is 2.11 bits per heavy atom. The van der Waals surface area contributed by atoms with E-state index in [0.717, 1.165) is 0 Å². The molecule has 2 atom stereocenters. The van der Waals surface area contributed by atoms with Crippen molar-refractivity contribution in [1.29, 1.82) is 0 Å². The van der Waals surface area contributed by atoms with Crippen LogP contribution in [0.4, 0.5) is 5.82 Å². The van der Waals surface area contributed by atoms with Crippen LogP contribution < -0.4 is 10.9 Å². The van der Waals surface area contributed by atoms with Crippen LogP contribution in [0.3, 0.4) is 0 Å². The first-order valence-corrected chi connectivity index (χ1v) is 6.91. The monoisotopic (exact) mass is 249 g/mol. The average Bonchev–Trinajstić information content (AvgIpc) is 2.27. The van der Waals surface area contributed by atoms with Crippen LogP contribution >= 0.6 is 0 Å². The van der Waals surface area contributed by atoms with E-state index in [1.807, 2.05) is 6.92 Å². The van der Waals surface area contributed by atoms with Crippen molar-refractivity contribution < 1.29 is 0 Å². The molecule has 100 valence electrons. The van der Waals surface area contributed by atoms with Gasteiger partial charge in [0.05, 0.1) is 0 Å². The Labute approximate surface area is 108 Å². The standard InChI is InChI=1S/C14H23N3O/c1-9(2)11-6-4-5-7-12(11)17-13-8-14(18)16-10(3)15-13/h8-9,11-12H,4-7H2,1-3H3,(H2,15,16,17,18). The highest BCUT2D eigenvalue weighted by Gasteiger charge is 2.27. The van der Waals surface area contributed by atoms with E-state index in [4.69, 9.17) is 0 Å². The van der Waals surface area contributed by atoms with E-state index in [2.05, 4.69) is 29.1 Å². The van der Waals surface area contributed by atoms with Gasteiger partial charge in [0.2, 0.25) is 0 Å². The summed E-state index contributed by atoms with van der Waals surface area (Å²) in [5.74, 6) is 2.74. The van der Waals surface area contributed by atoms with E-state index in [9.17, 15) is 4.79 Å². The number of nitrogens with zero attached hydrogens (tertiary/aromatic N) is 1. The third-order valence-corrected chi connectivity index (χ3v) is 3.87. The molecule has 1 aromatic heterocycles. The second-order valence-corrected chi connectivity index (χ2v) is 5.66. The van der Waals surface area contributed by atoms with Crippen molar-refractivity contribution in [2.24, 2.45) is 11.8 Å². The number of hydrogen-bond donors (Lipinski definition) is 2. The Kier molecular flexibility index (Phi) is 4.04. The number of aromatic nitrogens is 2. The molecule has 18 heavy (non-hydrogen) atoms. The van der Waals surface area contributed by atoms with Crippen molar-refractivity contribution in [2.45, 2.75) is 52.5 Å². The molecule has 2 unspecified atom stereocenters. The van der Waals surface area contributed by atoms with Gasteiger partial charge in [-0.1, -0.05) is 26.7 Å². The normalized spacial score (nSPS) is 24.2. The van der Waals surface area contributed by atoms with Gasteiger partial charge in [0.25, 0.3) is 5.56 Å². The van der Waals surface area contributed by atoms with Crippen molar-refractivity contribution in [1.82, 2.24) is 9.97 Å². The van der Waals surface area contributed by atoms with Crippen LogP contribution in [0.2, 0.25) is 0 Å². The Balaban J connectivity index is 2.13. The van der Waals surface area contributed by atoms with Gasteiger partial charge in [-0.2, -0.15) is 0 Å². The van der Waals surface area contributed by atoms with Gasteiger partial charge in [0, 0.05) is 12.1 Å². The van der Waals surface area contributed by atoms with Crippen LogP contribution in [0.1, 0.15) is 45.4 Å². The maximum atomic E-state index is 11.4. The lowest BCUT2D eigenvalue weighted by Gasteiger charge is -2.35. The number of nitrogens with one attached hydrogen (secondary N) is 2. The minimum Gasteiger partial charge on any atom is -0.367 e. The fourth-order valence-electron chi connectivity index (χ4n) is 2.98. The first-order chi connectivity index (χ1) is 8.56. The second kappa shape index (κ2) is 5.55. The topological polar surface area (TPSA) is 57.8 Å². The van der Waals surface area contributed by atoms with E-state index in [0.29, 0.717) is 29.5 Å². The molecule has 0 spiro atoms. The van der Waals surface area contributed by atoms with E-state index >= 15 is 0 Å². The molecule has 0 aliphatic heterocycles. The molecule has 0 bridgehead atoms. The summed E-state index contributed by atoms with van der Waals surface area (Å²) in [5.41, 5.74) is -0.0816. The molecular formula is C14H23N3O. The van der Waals surface area contributed by atoms with E-state index in [1.54, 1.807) is 6.07 Å². The van der Waals surface area contributed by atoms with Crippen molar-refractivity contribution in [3.63, 3.8) is 0 Å². The summed E-state index contributed by atoms with van der Waals surface area (Å²) in [5, 5.41) is 3.46. The highest BCUT2D eigenvalue weighted by molar-refractivity contribution is 5.34. The Morgan fingerprint density at radius 3 is 2.78 bits per heavy atom. The number of aromatic amines is 1. The van der Waals surface area contributed by atoms with Crippen LogP contribution in [-0.2, 0) is 0 Å². The molecule has 4 nitrogen and oxygen atoms in total. The second-order valence-electron chi connectivity index (χ2n) is 5.66. The summed E-state index contributed by atoms with van der Waals surface area (Å²) >= 11 is 0. The van der Waals surface area contributed by atoms with Gasteiger partial charge in [0.15, 0.2) is 0 Å². The van der Waals surface area contributed by atoms with Crippen LogP contribution in [0.15, 0.2) is 10.9 Å². The Bertz CT molecular complexity index is 453. The summed E-state index contributed by atoms with van der Waals surface area (Å²) < 4.78 is 0. The highest BCUT2D eigenvalue weighted by atomic mass is 16.1. The van der Waals surface area contributed by atoms with Crippen molar-refractivity contribution >= 4 is 5.82 Å². The molecule has 4 heteroatoms. The predicted molar refractivity (Wildman–Crippen MR) is 73.8 cm³/mol. The first-order valence-electron chi connectivity index (χ1n) is 6.91.